The lowest BCUT2D eigenvalue weighted by atomic mass is 10.2. The zero-order valence-corrected chi connectivity index (χ0v) is 11.2. The average molecular weight is 247 g/mol. The highest BCUT2D eigenvalue weighted by atomic mass is 16.3. The zero-order chi connectivity index (χ0) is 13.1. The Morgan fingerprint density at radius 2 is 2.06 bits per heavy atom. The maximum absolute atomic E-state index is 9.11. The van der Waals surface area contributed by atoms with Gasteiger partial charge in [-0.05, 0) is 32.9 Å². The van der Waals surface area contributed by atoms with Crippen molar-refractivity contribution in [2.45, 2.75) is 39.4 Å². The van der Waals surface area contributed by atoms with E-state index in [1.165, 1.54) is 5.52 Å². The summed E-state index contributed by atoms with van der Waals surface area (Å²) in [6.07, 6.45) is 0. The minimum Gasteiger partial charge on any atom is -0.395 e. The third-order valence-corrected chi connectivity index (χ3v) is 3.20. The first kappa shape index (κ1) is 13.1. The van der Waals surface area contributed by atoms with Crippen LogP contribution in [-0.2, 0) is 6.54 Å². The highest BCUT2D eigenvalue weighted by Gasteiger charge is 2.16. The molecule has 2 rings (SSSR count). The van der Waals surface area contributed by atoms with Crippen LogP contribution in [0, 0.1) is 0 Å². The number of aryl methyl sites for hydroxylation is 1. The van der Waals surface area contributed by atoms with Crippen molar-refractivity contribution in [2.75, 3.05) is 6.61 Å². The topological polar surface area (TPSA) is 50.1 Å². The number of aliphatic hydroxyl groups is 1. The van der Waals surface area contributed by atoms with Crippen LogP contribution in [0.3, 0.4) is 0 Å². The molecular weight excluding hydrogens is 226 g/mol. The van der Waals surface area contributed by atoms with Gasteiger partial charge in [0.25, 0.3) is 0 Å². The van der Waals surface area contributed by atoms with Crippen molar-refractivity contribution < 1.29 is 5.11 Å². The molecule has 98 valence electrons. The van der Waals surface area contributed by atoms with E-state index in [2.05, 4.69) is 34.8 Å². The van der Waals surface area contributed by atoms with E-state index in [-0.39, 0.29) is 18.7 Å². The summed E-state index contributed by atoms with van der Waals surface area (Å²) in [4.78, 5) is 4.69. The van der Waals surface area contributed by atoms with Crippen LogP contribution in [0.4, 0.5) is 0 Å². The Bertz CT molecular complexity index is 521. The Hall–Kier alpha value is -1.39. The molecule has 2 N–H and O–H groups in total. The summed E-state index contributed by atoms with van der Waals surface area (Å²) in [7, 11) is 0. The number of aromatic nitrogens is 2. The maximum Gasteiger partial charge on any atom is 0.126 e. The van der Waals surface area contributed by atoms with E-state index in [1.807, 2.05) is 25.1 Å². The first-order valence-electron chi connectivity index (χ1n) is 6.49. The number of fused-ring (bicyclic) bond motifs is 1. The molecular formula is C14H21N3O. The van der Waals surface area contributed by atoms with Crippen molar-refractivity contribution in [3.05, 3.63) is 30.1 Å². The van der Waals surface area contributed by atoms with Crippen LogP contribution in [0.2, 0.25) is 0 Å². The number of aliphatic hydroxyl groups excluding tert-OH is 1. The van der Waals surface area contributed by atoms with Crippen molar-refractivity contribution in [1.82, 2.24) is 14.9 Å². The fourth-order valence-electron chi connectivity index (χ4n) is 2.31. The van der Waals surface area contributed by atoms with Crippen LogP contribution in [0.1, 0.15) is 32.6 Å². The summed E-state index contributed by atoms with van der Waals surface area (Å²) < 4.78 is 2.22. The summed E-state index contributed by atoms with van der Waals surface area (Å²) in [5.74, 6) is 1.03. The van der Waals surface area contributed by atoms with E-state index in [4.69, 9.17) is 5.11 Å². The number of nitrogens with zero attached hydrogens (tertiary/aromatic N) is 2. The van der Waals surface area contributed by atoms with Gasteiger partial charge >= 0.3 is 0 Å². The third kappa shape index (κ3) is 2.40. The molecule has 0 radical (unpaired) electrons. The highest BCUT2D eigenvalue weighted by Crippen LogP contribution is 2.20. The quantitative estimate of drug-likeness (QED) is 0.850. The first-order chi connectivity index (χ1) is 8.67. The lowest BCUT2D eigenvalue weighted by Crippen LogP contribution is -2.33. The molecule has 0 fully saturated rings. The van der Waals surface area contributed by atoms with Gasteiger partial charge in [-0.1, -0.05) is 12.1 Å². The molecule has 0 spiro atoms. The number of nitrogens with one attached hydrogen (secondary N) is 1. The minimum atomic E-state index is 0.0742. The van der Waals surface area contributed by atoms with Crippen LogP contribution < -0.4 is 5.32 Å². The molecule has 1 aromatic carbocycles. The molecule has 1 heterocycles. The van der Waals surface area contributed by atoms with Gasteiger partial charge in [0.2, 0.25) is 0 Å². The Morgan fingerprint density at radius 3 is 2.72 bits per heavy atom. The number of imidazole rings is 1. The van der Waals surface area contributed by atoms with Gasteiger partial charge in [0.1, 0.15) is 5.82 Å². The summed E-state index contributed by atoms with van der Waals surface area (Å²) in [6.45, 7) is 7.21. The molecule has 0 saturated carbocycles. The van der Waals surface area contributed by atoms with Crippen molar-refractivity contribution in [2.24, 2.45) is 0 Å². The Balaban J connectivity index is 2.37. The molecule has 0 bridgehead atoms. The molecule has 2 atom stereocenters. The van der Waals surface area contributed by atoms with Crippen molar-refractivity contribution in [3.8, 4) is 0 Å². The summed E-state index contributed by atoms with van der Waals surface area (Å²) >= 11 is 0. The predicted molar refractivity (Wildman–Crippen MR) is 73.5 cm³/mol. The second kappa shape index (κ2) is 5.50. The molecule has 0 amide bonds. The molecule has 0 aliphatic heterocycles. The van der Waals surface area contributed by atoms with Crippen LogP contribution in [-0.4, -0.2) is 27.3 Å². The lowest BCUT2D eigenvalue weighted by molar-refractivity contribution is 0.241. The zero-order valence-electron chi connectivity index (χ0n) is 11.2. The number of para-hydroxylation sites is 2. The molecule has 1 aromatic heterocycles. The van der Waals surface area contributed by atoms with E-state index in [0.29, 0.717) is 0 Å². The van der Waals surface area contributed by atoms with Gasteiger partial charge in [-0.25, -0.2) is 4.98 Å². The van der Waals surface area contributed by atoms with Gasteiger partial charge in [0.15, 0.2) is 0 Å². The molecule has 0 aliphatic carbocycles. The van der Waals surface area contributed by atoms with E-state index in [1.54, 1.807) is 0 Å². The fourth-order valence-corrected chi connectivity index (χ4v) is 2.31. The molecule has 4 nitrogen and oxygen atoms in total. The Morgan fingerprint density at radius 1 is 1.33 bits per heavy atom. The van der Waals surface area contributed by atoms with Crippen LogP contribution in [0.15, 0.2) is 24.3 Å². The number of hydrogen-bond acceptors (Lipinski definition) is 3. The second-order valence-corrected chi connectivity index (χ2v) is 4.67. The summed E-state index contributed by atoms with van der Waals surface area (Å²) in [5, 5.41) is 12.5. The predicted octanol–water partition coefficient (Wildman–Crippen LogP) is 2.09. The Kier molecular flexibility index (Phi) is 3.99. The molecule has 1 unspecified atom stereocenters. The van der Waals surface area contributed by atoms with Gasteiger partial charge in [0.05, 0.1) is 23.7 Å². The molecule has 0 aliphatic rings. The highest BCUT2D eigenvalue weighted by molar-refractivity contribution is 5.76. The van der Waals surface area contributed by atoms with Crippen molar-refractivity contribution in [3.63, 3.8) is 0 Å². The smallest absolute Gasteiger partial charge is 0.126 e. The molecule has 4 heteroatoms. The average Bonchev–Trinajstić information content (AvgIpc) is 2.77. The van der Waals surface area contributed by atoms with Gasteiger partial charge in [0, 0.05) is 12.6 Å². The van der Waals surface area contributed by atoms with Crippen molar-refractivity contribution >= 4 is 11.0 Å². The van der Waals surface area contributed by atoms with E-state index in [9.17, 15) is 0 Å². The van der Waals surface area contributed by atoms with Crippen LogP contribution in [0.5, 0.6) is 0 Å². The monoisotopic (exact) mass is 247 g/mol. The first-order valence-corrected chi connectivity index (χ1v) is 6.49. The van der Waals surface area contributed by atoms with Gasteiger partial charge in [-0.2, -0.15) is 0 Å². The molecule has 0 saturated heterocycles. The summed E-state index contributed by atoms with van der Waals surface area (Å²) in [5.41, 5.74) is 2.19. The van der Waals surface area contributed by atoms with Crippen molar-refractivity contribution in [1.29, 1.82) is 0 Å². The standard InChI is InChI=1S/C14H21N3O/c1-4-17-13-8-6-5-7-12(13)16-14(17)11(3)15-10(2)9-18/h5-8,10-11,15,18H,4,9H2,1-3H3/t10-,11?/m1/s1. The normalized spacial score (nSPS) is 14.9. The molecule has 18 heavy (non-hydrogen) atoms. The van der Waals surface area contributed by atoms with Gasteiger partial charge < -0.3 is 15.0 Å². The maximum atomic E-state index is 9.11. The van der Waals surface area contributed by atoms with E-state index < -0.39 is 0 Å². The third-order valence-electron chi connectivity index (χ3n) is 3.20. The number of rotatable bonds is 5. The minimum absolute atomic E-state index is 0.0742. The second-order valence-electron chi connectivity index (χ2n) is 4.67. The van der Waals surface area contributed by atoms with Gasteiger partial charge in [-0.15, -0.1) is 0 Å². The van der Waals surface area contributed by atoms with Gasteiger partial charge in [-0.3, -0.25) is 0 Å². The number of benzene rings is 1. The summed E-state index contributed by atoms with van der Waals surface area (Å²) in [6, 6.07) is 8.37. The SMILES string of the molecule is CCn1c(C(C)N[C@H](C)CO)nc2ccccc21. The van der Waals surface area contributed by atoms with E-state index in [0.717, 1.165) is 17.9 Å². The lowest BCUT2D eigenvalue weighted by Gasteiger charge is -2.18. The molecule has 2 aromatic rings. The van der Waals surface area contributed by atoms with Crippen LogP contribution >= 0.6 is 0 Å². The largest absolute Gasteiger partial charge is 0.395 e. The fraction of sp³-hybridized carbons (Fsp3) is 0.500. The van der Waals surface area contributed by atoms with Crippen LogP contribution in [0.25, 0.3) is 11.0 Å². The number of hydrogen-bond donors (Lipinski definition) is 2. The van der Waals surface area contributed by atoms with E-state index >= 15 is 0 Å². The Labute approximate surface area is 108 Å².